The largest absolute Gasteiger partial charge is 0.336 e. The first-order valence-corrected chi connectivity index (χ1v) is 6.69. The lowest BCUT2D eigenvalue weighted by Crippen LogP contribution is -2.35. The number of nitrogens with zero attached hydrogens (tertiary/aromatic N) is 1. The Morgan fingerprint density at radius 3 is 3.06 bits per heavy atom. The first-order valence-electron chi connectivity index (χ1n) is 5.90. The molecule has 1 aliphatic heterocycles. The summed E-state index contributed by atoms with van der Waals surface area (Å²) in [5, 5.41) is 0. The van der Waals surface area contributed by atoms with Crippen LogP contribution < -0.4 is 0 Å². The molecule has 2 nitrogen and oxygen atoms in total. The van der Waals surface area contributed by atoms with Crippen molar-refractivity contribution in [1.82, 2.24) is 4.90 Å². The molecule has 1 amide bonds. The highest BCUT2D eigenvalue weighted by molar-refractivity contribution is 9.10. The summed E-state index contributed by atoms with van der Waals surface area (Å²) in [5.41, 5.74) is 0.166. The first kappa shape index (κ1) is 12.6. The van der Waals surface area contributed by atoms with Gasteiger partial charge in [-0.1, -0.05) is 13.0 Å². The minimum Gasteiger partial charge on any atom is -0.336 e. The number of benzene rings is 1. The molecule has 1 aromatic rings. The van der Waals surface area contributed by atoms with E-state index in [2.05, 4.69) is 22.9 Å². The summed E-state index contributed by atoms with van der Waals surface area (Å²) >= 11 is 3.11. The highest BCUT2D eigenvalue weighted by Gasteiger charge is 2.29. The summed E-state index contributed by atoms with van der Waals surface area (Å²) in [6.07, 6.45) is 2.97. The topological polar surface area (TPSA) is 20.3 Å². The zero-order valence-electron chi connectivity index (χ0n) is 9.75. The van der Waals surface area contributed by atoms with Crippen LogP contribution in [0.15, 0.2) is 22.7 Å². The van der Waals surface area contributed by atoms with Gasteiger partial charge in [0.1, 0.15) is 5.82 Å². The highest BCUT2D eigenvalue weighted by Crippen LogP contribution is 2.25. The Labute approximate surface area is 109 Å². The van der Waals surface area contributed by atoms with Gasteiger partial charge >= 0.3 is 0 Å². The van der Waals surface area contributed by atoms with Crippen LogP contribution in [0.3, 0.4) is 0 Å². The van der Waals surface area contributed by atoms with Crippen LogP contribution in [0.1, 0.15) is 36.5 Å². The smallest absolute Gasteiger partial charge is 0.257 e. The molecule has 0 bridgehead atoms. The molecule has 0 radical (unpaired) electrons. The van der Waals surface area contributed by atoms with Crippen LogP contribution in [0.2, 0.25) is 0 Å². The Bertz CT molecular complexity index is 435. The molecule has 1 aromatic carbocycles. The number of carbonyl (C=O) groups is 1. The molecule has 17 heavy (non-hydrogen) atoms. The maximum Gasteiger partial charge on any atom is 0.257 e. The fourth-order valence-electron chi connectivity index (χ4n) is 2.35. The molecule has 0 saturated carbocycles. The number of halogens is 2. The maximum absolute atomic E-state index is 13.8. The third kappa shape index (κ3) is 2.37. The number of hydrogen-bond donors (Lipinski definition) is 0. The SMILES string of the molecule is CCC1CCCN1C(=O)c1cccc(Br)c1F. The standard InChI is InChI=1S/C13H15BrFNO/c1-2-9-5-4-8-16(9)13(17)10-6-3-7-11(14)12(10)15/h3,6-7,9H,2,4-5,8H2,1H3. The van der Waals surface area contributed by atoms with Crippen molar-refractivity contribution in [2.45, 2.75) is 32.2 Å². The summed E-state index contributed by atoms with van der Waals surface area (Å²) in [7, 11) is 0. The Morgan fingerprint density at radius 1 is 1.59 bits per heavy atom. The first-order chi connectivity index (χ1) is 8.15. The fourth-order valence-corrected chi connectivity index (χ4v) is 2.72. The Kier molecular flexibility index (Phi) is 3.82. The molecular weight excluding hydrogens is 285 g/mol. The zero-order chi connectivity index (χ0) is 12.4. The molecule has 1 saturated heterocycles. The van der Waals surface area contributed by atoms with Crippen LogP contribution in [0.4, 0.5) is 4.39 Å². The van der Waals surface area contributed by atoms with E-state index in [4.69, 9.17) is 0 Å². The third-order valence-corrected chi connectivity index (χ3v) is 3.90. The highest BCUT2D eigenvalue weighted by atomic mass is 79.9. The molecular formula is C13H15BrFNO. The number of rotatable bonds is 2. The van der Waals surface area contributed by atoms with Crippen LogP contribution in [-0.2, 0) is 0 Å². The van der Waals surface area contributed by atoms with Gasteiger partial charge < -0.3 is 4.90 Å². The van der Waals surface area contributed by atoms with Crippen molar-refractivity contribution in [2.24, 2.45) is 0 Å². The Balaban J connectivity index is 2.28. The quantitative estimate of drug-likeness (QED) is 0.817. The van der Waals surface area contributed by atoms with Crippen LogP contribution >= 0.6 is 15.9 Å². The van der Waals surface area contributed by atoms with Crippen molar-refractivity contribution >= 4 is 21.8 Å². The Hall–Kier alpha value is -0.900. The molecule has 1 heterocycles. The monoisotopic (exact) mass is 299 g/mol. The minimum atomic E-state index is -0.459. The summed E-state index contributed by atoms with van der Waals surface area (Å²) < 4.78 is 14.2. The molecule has 92 valence electrons. The van der Waals surface area contributed by atoms with Gasteiger partial charge in [-0.05, 0) is 47.3 Å². The predicted molar refractivity (Wildman–Crippen MR) is 68.4 cm³/mol. The zero-order valence-corrected chi connectivity index (χ0v) is 11.3. The summed E-state index contributed by atoms with van der Waals surface area (Å²) in [5.74, 6) is -0.646. The molecule has 1 fully saturated rings. The molecule has 0 aliphatic carbocycles. The molecule has 0 aromatic heterocycles. The Morgan fingerprint density at radius 2 is 2.35 bits per heavy atom. The van der Waals surface area contributed by atoms with Crippen molar-refractivity contribution in [2.75, 3.05) is 6.54 Å². The lowest BCUT2D eigenvalue weighted by atomic mass is 10.1. The van der Waals surface area contributed by atoms with Crippen molar-refractivity contribution in [3.63, 3.8) is 0 Å². The van der Waals surface area contributed by atoms with E-state index in [0.29, 0.717) is 4.47 Å². The van der Waals surface area contributed by atoms with E-state index in [0.717, 1.165) is 25.8 Å². The lowest BCUT2D eigenvalue weighted by Gasteiger charge is -2.24. The number of amides is 1. The van der Waals surface area contributed by atoms with E-state index < -0.39 is 5.82 Å². The molecule has 0 spiro atoms. The predicted octanol–water partition coefficient (Wildman–Crippen LogP) is 3.60. The number of carbonyl (C=O) groups excluding carboxylic acids is 1. The fraction of sp³-hybridized carbons (Fsp3) is 0.462. The van der Waals surface area contributed by atoms with Gasteiger partial charge in [0.25, 0.3) is 5.91 Å². The molecule has 4 heteroatoms. The van der Waals surface area contributed by atoms with Crippen LogP contribution in [0, 0.1) is 5.82 Å². The lowest BCUT2D eigenvalue weighted by molar-refractivity contribution is 0.0729. The van der Waals surface area contributed by atoms with E-state index >= 15 is 0 Å². The van der Waals surface area contributed by atoms with Crippen LogP contribution in [0.5, 0.6) is 0 Å². The second-order valence-electron chi connectivity index (χ2n) is 4.30. The summed E-state index contributed by atoms with van der Waals surface area (Å²) in [6, 6.07) is 5.11. The second-order valence-corrected chi connectivity index (χ2v) is 5.16. The van der Waals surface area contributed by atoms with E-state index in [-0.39, 0.29) is 17.5 Å². The summed E-state index contributed by atoms with van der Waals surface area (Å²) in [6.45, 7) is 2.80. The molecule has 0 N–H and O–H groups in total. The van der Waals surface area contributed by atoms with Gasteiger partial charge in [0.2, 0.25) is 0 Å². The van der Waals surface area contributed by atoms with E-state index in [1.54, 1.807) is 23.1 Å². The average Bonchev–Trinajstić information content (AvgIpc) is 2.80. The van der Waals surface area contributed by atoms with Gasteiger partial charge in [0, 0.05) is 12.6 Å². The van der Waals surface area contributed by atoms with Crippen LogP contribution in [-0.4, -0.2) is 23.4 Å². The third-order valence-electron chi connectivity index (χ3n) is 3.29. The van der Waals surface area contributed by atoms with E-state index in [1.165, 1.54) is 0 Å². The maximum atomic E-state index is 13.8. The van der Waals surface area contributed by atoms with Crippen LogP contribution in [0.25, 0.3) is 0 Å². The van der Waals surface area contributed by atoms with Gasteiger partial charge in [-0.2, -0.15) is 0 Å². The van der Waals surface area contributed by atoms with Crippen molar-refractivity contribution in [3.05, 3.63) is 34.1 Å². The summed E-state index contributed by atoms with van der Waals surface area (Å²) in [4.78, 5) is 14.1. The number of hydrogen-bond acceptors (Lipinski definition) is 1. The number of likely N-dealkylation sites (tertiary alicyclic amines) is 1. The molecule has 1 atom stereocenters. The van der Waals surface area contributed by atoms with Gasteiger partial charge in [-0.25, -0.2) is 4.39 Å². The molecule has 1 aliphatic rings. The van der Waals surface area contributed by atoms with Crippen molar-refractivity contribution < 1.29 is 9.18 Å². The minimum absolute atomic E-state index is 0.166. The molecule has 2 rings (SSSR count). The van der Waals surface area contributed by atoms with Gasteiger partial charge in [-0.15, -0.1) is 0 Å². The van der Waals surface area contributed by atoms with E-state index in [9.17, 15) is 9.18 Å². The van der Waals surface area contributed by atoms with Crippen molar-refractivity contribution in [1.29, 1.82) is 0 Å². The average molecular weight is 300 g/mol. The van der Waals surface area contributed by atoms with Crippen molar-refractivity contribution in [3.8, 4) is 0 Å². The van der Waals surface area contributed by atoms with E-state index in [1.807, 2.05) is 0 Å². The van der Waals surface area contributed by atoms with Gasteiger partial charge in [-0.3, -0.25) is 4.79 Å². The molecule has 1 unspecified atom stereocenters. The van der Waals surface area contributed by atoms with Gasteiger partial charge in [0.05, 0.1) is 10.0 Å². The second kappa shape index (κ2) is 5.17. The van der Waals surface area contributed by atoms with Gasteiger partial charge in [0.15, 0.2) is 0 Å². The normalized spacial score (nSPS) is 19.7.